The molecule has 3 aromatic rings. The standard InChI is InChI=1S/C17H15Cl2NO2/c1-10(18)21-14-5-3-12-7-13-4-6-15(22-11(2)19)9-17(13)20-16(12)8-14/h3-11H,1-2H3. The van der Waals surface area contributed by atoms with Crippen LogP contribution in [0.25, 0.3) is 21.8 Å². The van der Waals surface area contributed by atoms with Crippen LogP contribution in [-0.2, 0) is 0 Å². The van der Waals surface area contributed by atoms with Gasteiger partial charge >= 0.3 is 0 Å². The topological polar surface area (TPSA) is 31.4 Å². The second-order valence-electron chi connectivity index (χ2n) is 5.02. The summed E-state index contributed by atoms with van der Waals surface area (Å²) in [4.78, 5) is 4.67. The number of aromatic nitrogens is 1. The van der Waals surface area contributed by atoms with Gasteiger partial charge in [-0.15, -0.1) is 0 Å². The second-order valence-corrected chi connectivity index (χ2v) is 6.25. The van der Waals surface area contributed by atoms with Crippen molar-refractivity contribution in [3.05, 3.63) is 42.5 Å². The van der Waals surface area contributed by atoms with E-state index >= 15 is 0 Å². The third kappa shape index (κ3) is 3.37. The summed E-state index contributed by atoms with van der Waals surface area (Å²) in [5.41, 5.74) is 0.919. The van der Waals surface area contributed by atoms with E-state index in [4.69, 9.17) is 32.7 Å². The molecule has 0 N–H and O–H groups in total. The van der Waals surface area contributed by atoms with Crippen molar-refractivity contribution in [2.45, 2.75) is 25.0 Å². The minimum absolute atomic E-state index is 0.386. The second kappa shape index (κ2) is 6.19. The van der Waals surface area contributed by atoms with Crippen molar-refractivity contribution < 1.29 is 9.47 Å². The van der Waals surface area contributed by atoms with E-state index in [0.717, 1.165) is 21.8 Å². The average molecular weight is 336 g/mol. The van der Waals surface area contributed by atoms with Crippen LogP contribution in [-0.4, -0.2) is 16.1 Å². The van der Waals surface area contributed by atoms with Crippen LogP contribution in [0.4, 0.5) is 0 Å². The van der Waals surface area contributed by atoms with Crippen molar-refractivity contribution in [2.24, 2.45) is 0 Å². The van der Waals surface area contributed by atoms with Gasteiger partial charge in [0.15, 0.2) is 11.1 Å². The quantitative estimate of drug-likeness (QED) is 0.478. The van der Waals surface area contributed by atoms with Gasteiger partial charge in [-0.3, -0.25) is 0 Å². The highest BCUT2D eigenvalue weighted by atomic mass is 35.5. The number of benzene rings is 2. The van der Waals surface area contributed by atoms with Crippen molar-refractivity contribution in [3.8, 4) is 11.5 Å². The summed E-state index contributed by atoms with van der Waals surface area (Å²) < 4.78 is 11.0. The predicted octanol–water partition coefficient (Wildman–Crippen LogP) is 5.32. The van der Waals surface area contributed by atoms with E-state index in [1.54, 1.807) is 13.8 Å². The molecule has 0 spiro atoms. The summed E-state index contributed by atoms with van der Waals surface area (Å²) in [5.74, 6) is 1.40. The molecule has 0 aliphatic heterocycles. The van der Waals surface area contributed by atoms with Gasteiger partial charge in [0.1, 0.15) is 11.5 Å². The molecule has 2 aromatic carbocycles. The maximum Gasteiger partial charge on any atom is 0.169 e. The highest BCUT2D eigenvalue weighted by Crippen LogP contribution is 2.27. The lowest BCUT2D eigenvalue weighted by Gasteiger charge is -2.10. The number of hydrogen-bond acceptors (Lipinski definition) is 3. The SMILES string of the molecule is CC(Cl)Oc1ccc2cc3ccc(OC(C)Cl)cc3nc2c1. The molecular formula is C17H15Cl2NO2. The van der Waals surface area contributed by atoms with Gasteiger partial charge in [-0.1, -0.05) is 23.2 Å². The molecule has 0 aliphatic rings. The highest BCUT2D eigenvalue weighted by Gasteiger charge is 2.06. The maximum atomic E-state index is 5.86. The maximum absolute atomic E-state index is 5.86. The minimum Gasteiger partial charge on any atom is -0.475 e. The Morgan fingerprint density at radius 2 is 1.23 bits per heavy atom. The lowest BCUT2D eigenvalue weighted by Crippen LogP contribution is -2.02. The van der Waals surface area contributed by atoms with Crippen molar-refractivity contribution in [2.75, 3.05) is 0 Å². The first-order chi connectivity index (χ1) is 10.5. The van der Waals surface area contributed by atoms with E-state index in [-0.39, 0.29) is 11.1 Å². The number of halogens is 2. The van der Waals surface area contributed by atoms with Gasteiger partial charge in [0.25, 0.3) is 0 Å². The smallest absolute Gasteiger partial charge is 0.169 e. The van der Waals surface area contributed by atoms with E-state index in [2.05, 4.69) is 11.1 Å². The lowest BCUT2D eigenvalue weighted by molar-refractivity contribution is 0.301. The van der Waals surface area contributed by atoms with Gasteiger partial charge in [-0.2, -0.15) is 0 Å². The van der Waals surface area contributed by atoms with Crippen LogP contribution < -0.4 is 9.47 Å². The van der Waals surface area contributed by atoms with Gasteiger partial charge in [0.2, 0.25) is 0 Å². The first kappa shape index (κ1) is 15.2. The largest absolute Gasteiger partial charge is 0.475 e. The van der Waals surface area contributed by atoms with Gasteiger partial charge in [0.05, 0.1) is 11.0 Å². The summed E-state index contributed by atoms with van der Waals surface area (Å²) in [7, 11) is 0. The summed E-state index contributed by atoms with van der Waals surface area (Å²) in [5, 5.41) is 2.09. The normalized spacial score (nSPS) is 14.0. The zero-order chi connectivity index (χ0) is 15.7. The van der Waals surface area contributed by atoms with Crippen LogP contribution in [0.3, 0.4) is 0 Å². The molecular weight excluding hydrogens is 321 g/mol. The van der Waals surface area contributed by atoms with E-state index in [1.807, 2.05) is 36.4 Å². The van der Waals surface area contributed by atoms with E-state index in [0.29, 0.717) is 11.5 Å². The molecule has 1 aromatic heterocycles. The number of nitrogens with zero attached hydrogens (tertiary/aromatic N) is 1. The first-order valence-corrected chi connectivity index (χ1v) is 7.84. The third-order valence-corrected chi connectivity index (χ3v) is 3.33. The molecule has 22 heavy (non-hydrogen) atoms. The molecule has 2 unspecified atom stereocenters. The average Bonchev–Trinajstić information content (AvgIpc) is 2.43. The number of pyridine rings is 1. The van der Waals surface area contributed by atoms with E-state index in [9.17, 15) is 0 Å². The number of ether oxygens (including phenoxy) is 2. The molecule has 0 bridgehead atoms. The van der Waals surface area contributed by atoms with Crippen molar-refractivity contribution in [3.63, 3.8) is 0 Å². The Labute approximate surface area is 138 Å². The highest BCUT2D eigenvalue weighted by molar-refractivity contribution is 6.19. The van der Waals surface area contributed by atoms with Crippen molar-refractivity contribution in [1.29, 1.82) is 0 Å². The van der Waals surface area contributed by atoms with Crippen LogP contribution in [0.5, 0.6) is 11.5 Å². The van der Waals surface area contributed by atoms with Gasteiger partial charge in [-0.05, 0) is 44.2 Å². The molecule has 1 heterocycles. The molecule has 0 aliphatic carbocycles. The fourth-order valence-electron chi connectivity index (χ4n) is 2.30. The molecule has 0 radical (unpaired) electrons. The van der Waals surface area contributed by atoms with Crippen LogP contribution in [0, 0.1) is 0 Å². The van der Waals surface area contributed by atoms with Crippen LogP contribution >= 0.6 is 23.2 Å². The number of alkyl halides is 2. The molecule has 5 heteroatoms. The van der Waals surface area contributed by atoms with E-state index in [1.165, 1.54) is 0 Å². The molecule has 114 valence electrons. The van der Waals surface area contributed by atoms with Crippen LogP contribution in [0.2, 0.25) is 0 Å². The lowest BCUT2D eigenvalue weighted by atomic mass is 10.1. The Bertz CT molecular complexity index is 753. The van der Waals surface area contributed by atoms with Crippen LogP contribution in [0.1, 0.15) is 13.8 Å². The summed E-state index contributed by atoms with van der Waals surface area (Å²) in [6, 6.07) is 13.6. The minimum atomic E-state index is -0.386. The fourth-order valence-corrected chi connectivity index (χ4v) is 2.51. The number of rotatable bonds is 4. The molecule has 2 atom stereocenters. The molecule has 0 amide bonds. The number of fused-ring (bicyclic) bond motifs is 2. The molecule has 0 saturated carbocycles. The molecule has 0 saturated heterocycles. The zero-order valence-corrected chi connectivity index (χ0v) is 13.7. The molecule has 0 fully saturated rings. The van der Waals surface area contributed by atoms with Crippen LogP contribution in [0.15, 0.2) is 42.5 Å². The van der Waals surface area contributed by atoms with E-state index < -0.39 is 0 Å². The Kier molecular flexibility index (Phi) is 4.27. The molecule has 3 rings (SSSR count). The van der Waals surface area contributed by atoms with Gasteiger partial charge in [0, 0.05) is 22.9 Å². The first-order valence-electron chi connectivity index (χ1n) is 6.97. The molecule has 3 nitrogen and oxygen atoms in total. The Hall–Kier alpha value is -1.71. The van der Waals surface area contributed by atoms with Gasteiger partial charge < -0.3 is 9.47 Å². The Morgan fingerprint density at radius 3 is 1.64 bits per heavy atom. The Balaban J connectivity index is 2.07. The zero-order valence-electron chi connectivity index (χ0n) is 12.2. The predicted molar refractivity (Wildman–Crippen MR) is 91.1 cm³/mol. The number of hydrogen-bond donors (Lipinski definition) is 0. The van der Waals surface area contributed by atoms with Crippen molar-refractivity contribution in [1.82, 2.24) is 4.98 Å². The summed E-state index contributed by atoms with van der Waals surface area (Å²) >= 11 is 11.7. The van der Waals surface area contributed by atoms with Crippen molar-refractivity contribution >= 4 is 45.0 Å². The fraction of sp³-hybridized carbons (Fsp3) is 0.235. The summed E-state index contributed by atoms with van der Waals surface area (Å²) in [6.07, 6.45) is 0. The monoisotopic (exact) mass is 335 g/mol. The Morgan fingerprint density at radius 1 is 0.773 bits per heavy atom. The summed E-state index contributed by atoms with van der Waals surface area (Å²) in [6.45, 7) is 3.55. The van der Waals surface area contributed by atoms with Gasteiger partial charge in [-0.25, -0.2) is 4.98 Å². The third-order valence-electron chi connectivity index (χ3n) is 3.15.